The first kappa shape index (κ1) is 20.3. The maximum Gasteiger partial charge on any atom is 0.238 e. The quantitative estimate of drug-likeness (QED) is 0.740. The molecule has 1 aliphatic rings. The van der Waals surface area contributed by atoms with E-state index in [0.717, 1.165) is 25.1 Å². The minimum Gasteiger partial charge on any atom is -0.497 e. The highest BCUT2D eigenvalue weighted by Gasteiger charge is 2.26. The van der Waals surface area contributed by atoms with Gasteiger partial charge in [0.15, 0.2) is 0 Å². The van der Waals surface area contributed by atoms with E-state index in [1.165, 1.54) is 29.8 Å². The largest absolute Gasteiger partial charge is 0.497 e. The van der Waals surface area contributed by atoms with Gasteiger partial charge < -0.3 is 10.1 Å². The third-order valence-corrected chi connectivity index (χ3v) is 5.86. The molecule has 7 nitrogen and oxygen atoms in total. The summed E-state index contributed by atoms with van der Waals surface area (Å²) in [6.45, 7) is 1.61. The predicted octanol–water partition coefficient (Wildman–Crippen LogP) is 2.51. The standard InChI is InChI=1S/C20H25N3O4S/c1-27-17-5-2-4-15(14-17)19-6-3-12-23(19)13-11-20(24)22-16-7-9-18(10-8-16)28(21,25)26/h2,4-5,7-10,14,19H,3,6,11-13H2,1H3,(H,22,24)(H2,21,25,26). The van der Waals surface area contributed by atoms with Gasteiger partial charge in [-0.25, -0.2) is 13.6 Å². The molecule has 0 spiro atoms. The normalized spacial score (nSPS) is 17.4. The number of nitrogens with zero attached hydrogens (tertiary/aromatic N) is 1. The van der Waals surface area contributed by atoms with E-state index in [0.29, 0.717) is 18.7 Å². The molecule has 1 saturated heterocycles. The number of nitrogens with one attached hydrogen (secondary N) is 1. The first-order chi connectivity index (χ1) is 13.4. The second kappa shape index (κ2) is 8.72. The molecular formula is C20H25N3O4S. The molecule has 1 unspecified atom stereocenters. The van der Waals surface area contributed by atoms with Crippen LogP contribution in [-0.2, 0) is 14.8 Å². The molecule has 1 fully saturated rings. The Kier molecular flexibility index (Phi) is 6.33. The molecule has 2 aromatic carbocycles. The van der Waals surface area contributed by atoms with Gasteiger partial charge in [0.25, 0.3) is 0 Å². The number of primary sulfonamides is 1. The van der Waals surface area contributed by atoms with Gasteiger partial charge in [-0.2, -0.15) is 0 Å². The lowest BCUT2D eigenvalue weighted by atomic mass is 10.0. The molecule has 3 rings (SSSR count). The summed E-state index contributed by atoms with van der Waals surface area (Å²) in [5.74, 6) is 0.727. The summed E-state index contributed by atoms with van der Waals surface area (Å²) in [6.07, 6.45) is 2.51. The van der Waals surface area contributed by atoms with E-state index < -0.39 is 10.0 Å². The first-order valence-corrected chi connectivity index (χ1v) is 10.7. The number of methoxy groups -OCH3 is 1. The van der Waals surface area contributed by atoms with Crippen LogP contribution in [0.15, 0.2) is 53.4 Å². The van der Waals surface area contributed by atoms with E-state index in [1.807, 2.05) is 12.1 Å². The molecule has 0 aliphatic carbocycles. The summed E-state index contributed by atoms with van der Waals surface area (Å²) in [7, 11) is -2.08. The Bertz CT molecular complexity index is 929. The second-order valence-corrected chi connectivity index (χ2v) is 8.40. The monoisotopic (exact) mass is 403 g/mol. The number of likely N-dealkylation sites (tertiary alicyclic amines) is 1. The van der Waals surface area contributed by atoms with Gasteiger partial charge in [-0.3, -0.25) is 9.69 Å². The molecule has 28 heavy (non-hydrogen) atoms. The van der Waals surface area contributed by atoms with Gasteiger partial charge in [0.05, 0.1) is 12.0 Å². The van der Waals surface area contributed by atoms with Crippen LogP contribution >= 0.6 is 0 Å². The fourth-order valence-electron chi connectivity index (χ4n) is 3.52. The molecule has 0 bridgehead atoms. The highest BCUT2D eigenvalue weighted by Crippen LogP contribution is 2.33. The predicted molar refractivity (Wildman–Crippen MR) is 108 cm³/mol. The van der Waals surface area contributed by atoms with Crippen LogP contribution in [-0.4, -0.2) is 39.4 Å². The number of anilines is 1. The summed E-state index contributed by atoms with van der Waals surface area (Å²) < 4.78 is 27.9. The number of carbonyl (C=O) groups excluding carboxylic acids is 1. The van der Waals surface area contributed by atoms with Crippen molar-refractivity contribution in [2.75, 3.05) is 25.5 Å². The maximum atomic E-state index is 12.3. The Balaban J connectivity index is 1.56. The highest BCUT2D eigenvalue weighted by molar-refractivity contribution is 7.89. The van der Waals surface area contributed by atoms with Gasteiger partial charge in [-0.1, -0.05) is 12.1 Å². The molecule has 0 radical (unpaired) electrons. The molecule has 3 N–H and O–H groups in total. The van der Waals surface area contributed by atoms with Crippen LogP contribution < -0.4 is 15.2 Å². The zero-order valence-electron chi connectivity index (χ0n) is 15.8. The number of hydrogen-bond donors (Lipinski definition) is 2. The van der Waals surface area contributed by atoms with Gasteiger partial charge in [0, 0.05) is 24.7 Å². The average molecular weight is 404 g/mol. The number of amides is 1. The first-order valence-electron chi connectivity index (χ1n) is 9.17. The molecule has 8 heteroatoms. The lowest BCUT2D eigenvalue weighted by Crippen LogP contribution is -2.27. The van der Waals surface area contributed by atoms with Gasteiger partial charge in [0.2, 0.25) is 15.9 Å². The van der Waals surface area contributed by atoms with Crippen molar-refractivity contribution in [1.82, 2.24) is 4.90 Å². The van der Waals surface area contributed by atoms with Crippen LogP contribution in [0, 0.1) is 0 Å². The van der Waals surface area contributed by atoms with E-state index in [9.17, 15) is 13.2 Å². The van der Waals surface area contributed by atoms with Crippen molar-refractivity contribution in [2.24, 2.45) is 5.14 Å². The average Bonchev–Trinajstić information content (AvgIpc) is 3.15. The topological polar surface area (TPSA) is 102 Å². The smallest absolute Gasteiger partial charge is 0.238 e. The van der Waals surface area contributed by atoms with Gasteiger partial charge in [0.1, 0.15) is 5.75 Å². The molecule has 1 atom stereocenters. The number of rotatable bonds is 7. The lowest BCUT2D eigenvalue weighted by Gasteiger charge is -2.25. The summed E-state index contributed by atoms with van der Waals surface area (Å²) in [5, 5.41) is 7.87. The van der Waals surface area contributed by atoms with E-state index in [4.69, 9.17) is 9.88 Å². The third-order valence-electron chi connectivity index (χ3n) is 4.93. The highest BCUT2D eigenvalue weighted by atomic mass is 32.2. The van der Waals surface area contributed by atoms with Crippen molar-refractivity contribution in [2.45, 2.75) is 30.2 Å². The van der Waals surface area contributed by atoms with Crippen molar-refractivity contribution in [3.8, 4) is 5.75 Å². The van der Waals surface area contributed by atoms with Gasteiger partial charge in [-0.15, -0.1) is 0 Å². The van der Waals surface area contributed by atoms with Crippen LogP contribution in [0.2, 0.25) is 0 Å². The second-order valence-electron chi connectivity index (χ2n) is 6.84. The van der Waals surface area contributed by atoms with Crippen LogP contribution in [0.3, 0.4) is 0 Å². The third kappa shape index (κ3) is 5.09. The Morgan fingerprint density at radius 2 is 2.00 bits per heavy atom. The van der Waals surface area contributed by atoms with Crippen molar-refractivity contribution < 1.29 is 17.9 Å². The van der Waals surface area contributed by atoms with Crippen molar-refractivity contribution >= 4 is 21.6 Å². The van der Waals surface area contributed by atoms with Crippen molar-refractivity contribution in [3.05, 3.63) is 54.1 Å². The minimum atomic E-state index is -3.74. The molecule has 1 aliphatic heterocycles. The summed E-state index contributed by atoms with van der Waals surface area (Å²) in [4.78, 5) is 14.6. The van der Waals surface area contributed by atoms with E-state index >= 15 is 0 Å². The van der Waals surface area contributed by atoms with E-state index in [2.05, 4.69) is 22.3 Å². The van der Waals surface area contributed by atoms with Crippen LogP contribution in [0.25, 0.3) is 0 Å². The number of benzene rings is 2. The van der Waals surface area contributed by atoms with E-state index in [-0.39, 0.29) is 16.8 Å². The maximum absolute atomic E-state index is 12.3. The van der Waals surface area contributed by atoms with E-state index in [1.54, 1.807) is 7.11 Å². The molecule has 0 saturated carbocycles. The molecule has 2 aromatic rings. The Labute approximate surface area is 165 Å². The number of carbonyl (C=O) groups is 1. The number of hydrogen-bond acceptors (Lipinski definition) is 5. The van der Waals surface area contributed by atoms with Crippen LogP contribution in [0.1, 0.15) is 30.9 Å². The molecule has 1 heterocycles. The number of sulfonamides is 1. The van der Waals surface area contributed by atoms with Crippen LogP contribution in [0.5, 0.6) is 5.75 Å². The minimum absolute atomic E-state index is 0.0173. The number of ether oxygens (including phenoxy) is 1. The fraction of sp³-hybridized carbons (Fsp3) is 0.350. The number of nitrogens with two attached hydrogens (primary N) is 1. The Morgan fingerprint density at radius 1 is 1.25 bits per heavy atom. The summed E-state index contributed by atoms with van der Waals surface area (Å²) >= 11 is 0. The summed E-state index contributed by atoms with van der Waals surface area (Å²) in [5.41, 5.74) is 1.75. The Hall–Kier alpha value is -2.42. The fourth-order valence-corrected chi connectivity index (χ4v) is 4.03. The zero-order valence-corrected chi connectivity index (χ0v) is 16.6. The molecule has 0 aromatic heterocycles. The SMILES string of the molecule is COc1cccc(C2CCCN2CCC(=O)Nc2ccc(S(N)(=O)=O)cc2)c1. The lowest BCUT2D eigenvalue weighted by molar-refractivity contribution is -0.116. The van der Waals surface area contributed by atoms with Crippen LogP contribution in [0.4, 0.5) is 5.69 Å². The Morgan fingerprint density at radius 3 is 2.68 bits per heavy atom. The van der Waals surface area contributed by atoms with Gasteiger partial charge in [-0.05, 0) is 61.3 Å². The zero-order chi connectivity index (χ0) is 20.1. The van der Waals surface area contributed by atoms with Gasteiger partial charge >= 0.3 is 0 Å². The van der Waals surface area contributed by atoms with Crippen molar-refractivity contribution in [3.63, 3.8) is 0 Å². The molecular weight excluding hydrogens is 378 g/mol. The molecule has 150 valence electrons. The summed E-state index contributed by atoms with van der Waals surface area (Å²) in [6, 6.07) is 14.2. The molecule has 1 amide bonds. The van der Waals surface area contributed by atoms with Crippen molar-refractivity contribution in [1.29, 1.82) is 0 Å².